The molecule has 0 rings (SSSR count). The molecule has 116 valence electrons. The molecule has 0 saturated heterocycles. The fraction of sp³-hybridized carbons (Fsp3) is 0.714. The molecular weight excluding hydrogens is 260 g/mol. The molecule has 0 bridgehead atoms. The summed E-state index contributed by atoms with van der Waals surface area (Å²) >= 11 is 0. The molecule has 1 atom stereocenters. The van der Waals surface area contributed by atoms with Crippen LogP contribution in [0.3, 0.4) is 0 Å². The van der Waals surface area contributed by atoms with E-state index in [1.807, 2.05) is 0 Å². The Bertz CT molecular complexity index is 337. The number of amides is 2. The second-order valence-electron chi connectivity index (χ2n) is 5.49. The quantitative estimate of drug-likeness (QED) is 0.691. The first kappa shape index (κ1) is 18.4. The summed E-state index contributed by atoms with van der Waals surface area (Å²) in [6.45, 7) is 11.0. The summed E-state index contributed by atoms with van der Waals surface area (Å²) in [5.41, 5.74) is -0.611. The van der Waals surface area contributed by atoms with Gasteiger partial charge >= 0.3 is 6.09 Å². The molecule has 0 aromatic rings. The maximum atomic E-state index is 12.2. The van der Waals surface area contributed by atoms with Crippen LogP contribution in [-0.2, 0) is 9.53 Å². The van der Waals surface area contributed by atoms with Crippen molar-refractivity contribution in [1.29, 1.82) is 0 Å². The normalized spacial score (nSPS) is 12.4. The van der Waals surface area contributed by atoms with Crippen LogP contribution in [0.4, 0.5) is 4.79 Å². The smallest absolute Gasteiger partial charge is 0.408 e. The minimum atomic E-state index is -0.707. The number of alkyl carbamates (subject to hydrolysis) is 1. The molecule has 0 aromatic carbocycles. The number of hydrogen-bond acceptors (Lipinski definition) is 4. The highest BCUT2D eigenvalue weighted by Gasteiger charge is 2.24. The zero-order chi connectivity index (χ0) is 15.8. The summed E-state index contributed by atoms with van der Waals surface area (Å²) in [6, 6.07) is -0.707. The summed E-state index contributed by atoms with van der Waals surface area (Å²) in [5, 5.41) is 11.5. The van der Waals surface area contributed by atoms with Crippen LogP contribution >= 0.6 is 0 Å². The van der Waals surface area contributed by atoms with Crippen molar-refractivity contribution in [1.82, 2.24) is 10.2 Å². The van der Waals surface area contributed by atoms with Gasteiger partial charge in [-0.1, -0.05) is 6.08 Å². The molecule has 6 nitrogen and oxygen atoms in total. The predicted molar refractivity (Wildman–Crippen MR) is 77.3 cm³/mol. The molecule has 0 spiro atoms. The number of nitrogens with one attached hydrogen (secondary N) is 1. The summed E-state index contributed by atoms with van der Waals surface area (Å²) in [4.78, 5) is 25.2. The van der Waals surface area contributed by atoms with E-state index in [1.165, 1.54) is 4.90 Å². The topological polar surface area (TPSA) is 78.9 Å². The summed E-state index contributed by atoms with van der Waals surface area (Å²) < 4.78 is 5.09. The molecule has 0 aliphatic heterocycles. The summed E-state index contributed by atoms with van der Waals surface area (Å²) in [5.74, 6) is -0.258. The van der Waals surface area contributed by atoms with Crippen LogP contribution in [0.1, 0.15) is 34.1 Å². The van der Waals surface area contributed by atoms with Crippen LogP contribution in [0.15, 0.2) is 12.7 Å². The Labute approximate surface area is 120 Å². The van der Waals surface area contributed by atoms with Gasteiger partial charge in [-0.05, 0) is 34.1 Å². The van der Waals surface area contributed by atoms with Crippen molar-refractivity contribution >= 4 is 12.0 Å². The Balaban J connectivity index is 4.48. The van der Waals surface area contributed by atoms with Crippen LogP contribution < -0.4 is 5.32 Å². The van der Waals surface area contributed by atoms with E-state index < -0.39 is 17.7 Å². The van der Waals surface area contributed by atoms with Crippen molar-refractivity contribution in [3.63, 3.8) is 0 Å². The number of aliphatic hydroxyl groups is 1. The first-order valence-electron chi connectivity index (χ1n) is 6.71. The Morgan fingerprint density at radius 2 is 2.00 bits per heavy atom. The van der Waals surface area contributed by atoms with E-state index >= 15 is 0 Å². The third-order valence-corrected chi connectivity index (χ3v) is 2.39. The number of rotatable bonds is 7. The predicted octanol–water partition coefficient (Wildman–Crippen LogP) is 1.30. The minimum absolute atomic E-state index is 0.123. The van der Waals surface area contributed by atoms with Crippen LogP contribution in [0, 0.1) is 0 Å². The highest BCUT2D eigenvalue weighted by Crippen LogP contribution is 2.07. The molecule has 0 aromatic heterocycles. The van der Waals surface area contributed by atoms with E-state index in [-0.39, 0.29) is 19.1 Å². The van der Waals surface area contributed by atoms with Gasteiger partial charge in [0.05, 0.1) is 6.61 Å². The fourth-order valence-corrected chi connectivity index (χ4v) is 1.52. The van der Waals surface area contributed by atoms with E-state index in [0.717, 1.165) is 0 Å². The molecule has 0 aliphatic rings. The highest BCUT2D eigenvalue weighted by molar-refractivity contribution is 5.85. The van der Waals surface area contributed by atoms with Gasteiger partial charge in [-0.2, -0.15) is 0 Å². The summed E-state index contributed by atoms with van der Waals surface area (Å²) in [6.07, 6.45) is 1.69. The largest absolute Gasteiger partial charge is 0.444 e. The molecule has 0 heterocycles. The van der Waals surface area contributed by atoms with Gasteiger partial charge in [-0.3, -0.25) is 4.79 Å². The Hall–Kier alpha value is -1.56. The van der Waals surface area contributed by atoms with Gasteiger partial charge in [0.1, 0.15) is 11.6 Å². The lowest BCUT2D eigenvalue weighted by atomic mass is 10.2. The maximum absolute atomic E-state index is 12.2. The second-order valence-corrected chi connectivity index (χ2v) is 5.49. The molecule has 1 unspecified atom stereocenters. The van der Waals surface area contributed by atoms with E-state index in [1.54, 1.807) is 33.8 Å². The van der Waals surface area contributed by atoms with Crippen molar-refractivity contribution in [2.24, 2.45) is 0 Å². The van der Waals surface area contributed by atoms with Gasteiger partial charge in [0.25, 0.3) is 0 Å². The third kappa shape index (κ3) is 7.78. The Morgan fingerprint density at radius 3 is 2.45 bits per heavy atom. The van der Waals surface area contributed by atoms with E-state index in [0.29, 0.717) is 13.0 Å². The van der Waals surface area contributed by atoms with Crippen LogP contribution in [0.5, 0.6) is 0 Å². The van der Waals surface area contributed by atoms with Gasteiger partial charge in [0, 0.05) is 13.1 Å². The zero-order valence-electron chi connectivity index (χ0n) is 12.8. The van der Waals surface area contributed by atoms with Crippen molar-refractivity contribution < 1.29 is 19.4 Å². The number of nitrogens with zero attached hydrogens (tertiary/aromatic N) is 1. The highest BCUT2D eigenvalue weighted by atomic mass is 16.6. The second kappa shape index (κ2) is 8.58. The number of ether oxygens (including phenoxy) is 1. The SMILES string of the molecule is C=CCCN(CCO)C(=O)C(C)NC(=O)OC(C)(C)C. The lowest BCUT2D eigenvalue weighted by Crippen LogP contribution is -2.49. The number of aliphatic hydroxyl groups excluding tert-OH is 1. The molecule has 0 saturated carbocycles. The average molecular weight is 286 g/mol. The standard InChI is InChI=1S/C14H26N2O4/c1-6-7-8-16(9-10-17)12(18)11(2)15-13(19)20-14(3,4)5/h6,11,17H,1,7-10H2,2-5H3,(H,15,19). The molecule has 0 radical (unpaired) electrons. The molecule has 0 aliphatic carbocycles. The van der Waals surface area contributed by atoms with Crippen molar-refractivity contribution in [2.75, 3.05) is 19.7 Å². The first-order chi connectivity index (χ1) is 9.21. The minimum Gasteiger partial charge on any atom is -0.444 e. The van der Waals surface area contributed by atoms with E-state index in [4.69, 9.17) is 9.84 Å². The van der Waals surface area contributed by atoms with Gasteiger partial charge in [0.15, 0.2) is 0 Å². The first-order valence-corrected chi connectivity index (χ1v) is 6.71. The Morgan fingerprint density at radius 1 is 1.40 bits per heavy atom. The zero-order valence-corrected chi connectivity index (χ0v) is 12.8. The van der Waals surface area contributed by atoms with Gasteiger partial charge < -0.3 is 20.1 Å². The van der Waals surface area contributed by atoms with Crippen molar-refractivity contribution in [2.45, 2.75) is 45.8 Å². The van der Waals surface area contributed by atoms with Gasteiger partial charge in [-0.25, -0.2) is 4.79 Å². The van der Waals surface area contributed by atoms with Crippen molar-refractivity contribution in [3.05, 3.63) is 12.7 Å². The van der Waals surface area contributed by atoms with Crippen LogP contribution in [0.25, 0.3) is 0 Å². The monoisotopic (exact) mass is 286 g/mol. The molecule has 20 heavy (non-hydrogen) atoms. The van der Waals surface area contributed by atoms with Gasteiger partial charge in [-0.15, -0.1) is 6.58 Å². The summed E-state index contributed by atoms with van der Waals surface area (Å²) in [7, 11) is 0. The molecule has 6 heteroatoms. The number of carbonyl (C=O) groups is 2. The molecular formula is C14H26N2O4. The third-order valence-electron chi connectivity index (χ3n) is 2.39. The lowest BCUT2D eigenvalue weighted by molar-refractivity contribution is -0.133. The van der Waals surface area contributed by atoms with Crippen molar-refractivity contribution in [3.8, 4) is 0 Å². The molecule has 0 fully saturated rings. The number of carbonyl (C=O) groups excluding carboxylic acids is 2. The van der Waals surface area contributed by atoms with E-state index in [9.17, 15) is 9.59 Å². The maximum Gasteiger partial charge on any atom is 0.408 e. The van der Waals surface area contributed by atoms with Crippen LogP contribution in [-0.4, -0.2) is 53.3 Å². The number of hydrogen-bond donors (Lipinski definition) is 2. The Kier molecular flexibility index (Phi) is 7.91. The molecule has 2 N–H and O–H groups in total. The molecule has 2 amide bonds. The average Bonchev–Trinajstić information content (AvgIpc) is 2.31. The van der Waals surface area contributed by atoms with E-state index in [2.05, 4.69) is 11.9 Å². The fourth-order valence-electron chi connectivity index (χ4n) is 1.52. The lowest BCUT2D eigenvalue weighted by Gasteiger charge is -2.26. The van der Waals surface area contributed by atoms with Crippen LogP contribution in [0.2, 0.25) is 0 Å². The van der Waals surface area contributed by atoms with Gasteiger partial charge in [0.2, 0.25) is 5.91 Å².